The fourth-order valence-electron chi connectivity index (χ4n) is 5.88. The Morgan fingerprint density at radius 3 is 2.25 bits per heavy atom. The summed E-state index contributed by atoms with van der Waals surface area (Å²) in [6.45, 7) is 1.66. The smallest absolute Gasteiger partial charge is 0.414 e. The number of carboxylic acid groups (broad SMARTS) is 1. The molecule has 4 atom stereocenters. The molecule has 2 saturated heterocycles. The minimum atomic E-state index is -3.10. The molecule has 0 radical (unpaired) electrons. The average molecular weight is 701 g/mol. The zero-order chi connectivity index (χ0) is 30.5. The number of carbonyl (C=O) groups excluding carboxylic acids is 1. The molecule has 3 heterocycles. The standard InChI is InChI=1S/C24H30FN3O12P2.2H3P/c1-24(39-41(33)34,40-42(35)36)38-23(32)27-7-3-4-12-9-26(11-17(12)27)19-16(25)8-14-18(21(19)37-2)28(13-5-6-13)10-15(20(14)29)22(30)31;;/h8,10,12-13,17,33-36H,3-7,9,11H2,1-2H3,(H,30,31);2*1H3. The SMILES string of the molecule is COc1c(N2CC3CCCN(C(=O)OC(C)(OP(O)O)OP(O)O)C3C2)c(F)cc2c(=O)c(C(=O)O)cn(C3CC3)c12.P.P. The Balaban J connectivity index is 0.00000264. The van der Waals surface area contributed by atoms with E-state index in [1.807, 2.05) is 0 Å². The molecule has 1 aromatic heterocycles. The number of amides is 1. The highest BCUT2D eigenvalue weighted by atomic mass is 31.2. The molecule has 0 spiro atoms. The second-order valence-electron chi connectivity index (χ2n) is 10.4. The first-order chi connectivity index (χ1) is 19.8. The zero-order valence-corrected chi connectivity index (χ0v) is 28.6. The molecule has 0 bridgehead atoms. The number of carboxylic acids is 1. The van der Waals surface area contributed by atoms with Crippen LogP contribution in [0.3, 0.4) is 0 Å². The summed E-state index contributed by atoms with van der Waals surface area (Å²) in [5.74, 6) is -4.78. The van der Waals surface area contributed by atoms with E-state index in [9.17, 15) is 39.1 Å². The number of likely N-dealkylation sites (tertiary alicyclic amines) is 1. The number of benzene rings is 1. The summed E-state index contributed by atoms with van der Waals surface area (Å²) in [7, 11) is -4.87. The van der Waals surface area contributed by atoms with Crippen LogP contribution in [0.15, 0.2) is 17.1 Å². The molecule has 44 heavy (non-hydrogen) atoms. The lowest BCUT2D eigenvalue weighted by Crippen LogP contribution is -2.51. The van der Waals surface area contributed by atoms with Crippen LogP contribution in [0.2, 0.25) is 0 Å². The number of hydrogen-bond donors (Lipinski definition) is 5. The van der Waals surface area contributed by atoms with Gasteiger partial charge in [-0.1, -0.05) is 0 Å². The maximum absolute atomic E-state index is 15.8. The Bertz CT molecular complexity index is 1450. The topological polar surface area (TPSA) is 201 Å². The Labute approximate surface area is 260 Å². The number of nitrogens with zero attached hydrogens (tertiary/aromatic N) is 3. The number of anilines is 1. The predicted molar refractivity (Wildman–Crippen MR) is 167 cm³/mol. The average Bonchev–Trinajstić information content (AvgIpc) is 3.64. The molecule has 1 amide bonds. The minimum Gasteiger partial charge on any atom is -0.492 e. The van der Waals surface area contributed by atoms with Crippen LogP contribution in [0.4, 0.5) is 14.9 Å². The normalized spacial score (nSPS) is 19.9. The Morgan fingerprint density at radius 2 is 1.70 bits per heavy atom. The lowest BCUT2D eigenvalue weighted by molar-refractivity contribution is -0.266. The van der Waals surface area contributed by atoms with E-state index in [4.69, 9.17) is 18.5 Å². The maximum atomic E-state index is 15.8. The van der Waals surface area contributed by atoms with Gasteiger partial charge in [0.1, 0.15) is 11.3 Å². The molecule has 15 nitrogen and oxygen atoms in total. The molecule has 1 saturated carbocycles. The van der Waals surface area contributed by atoms with Crippen molar-refractivity contribution in [2.24, 2.45) is 5.92 Å². The summed E-state index contributed by atoms with van der Waals surface area (Å²) in [6.07, 6.45) is 3.06. The number of pyridine rings is 1. The van der Waals surface area contributed by atoms with E-state index in [1.54, 1.807) is 9.47 Å². The van der Waals surface area contributed by atoms with Crippen LogP contribution >= 0.6 is 37.0 Å². The van der Waals surface area contributed by atoms with Gasteiger partial charge < -0.3 is 48.5 Å². The first kappa shape index (κ1) is 36.6. The minimum absolute atomic E-state index is 0. The summed E-state index contributed by atoms with van der Waals surface area (Å²) in [5.41, 5.74) is -0.927. The van der Waals surface area contributed by atoms with E-state index < -0.39 is 58.1 Å². The molecule has 1 aliphatic carbocycles. The van der Waals surface area contributed by atoms with Crippen molar-refractivity contribution in [2.45, 2.75) is 50.7 Å². The van der Waals surface area contributed by atoms with Crippen LogP contribution in [0.5, 0.6) is 5.75 Å². The van der Waals surface area contributed by atoms with Gasteiger partial charge in [0, 0.05) is 38.8 Å². The number of piperidine rings is 1. The first-order valence-corrected chi connectivity index (χ1v) is 15.3. The van der Waals surface area contributed by atoms with Gasteiger partial charge in [-0.25, -0.2) is 23.0 Å². The summed E-state index contributed by atoms with van der Waals surface area (Å²) in [6, 6.07) is 0.463. The lowest BCUT2D eigenvalue weighted by Gasteiger charge is -2.38. The van der Waals surface area contributed by atoms with Crippen molar-refractivity contribution in [1.29, 1.82) is 0 Å². The van der Waals surface area contributed by atoms with Crippen molar-refractivity contribution in [3.8, 4) is 5.75 Å². The van der Waals surface area contributed by atoms with Crippen LogP contribution in [0, 0.1) is 11.7 Å². The number of aromatic nitrogens is 1. The summed E-state index contributed by atoms with van der Waals surface area (Å²) >= 11 is 0. The largest absolute Gasteiger partial charge is 0.492 e. The molecule has 246 valence electrons. The number of rotatable bonds is 9. The van der Waals surface area contributed by atoms with Gasteiger partial charge in [0.15, 0.2) is 11.6 Å². The van der Waals surface area contributed by atoms with E-state index in [0.29, 0.717) is 19.4 Å². The van der Waals surface area contributed by atoms with Crippen LogP contribution in [0.25, 0.3) is 10.9 Å². The monoisotopic (exact) mass is 701 g/mol. The number of fused-ring (bicyclic) bond motifs is 2. The predicted octanol–water partition coefficient (Wildman–Crippen LogP) is 2.47. The second kappa shape index (κ2) is 14.3. The third-order valence-corrected chi connectivity index (χ3v) is 8.66. The van der Waals surface area contributed by atoms with Crippen molar-refractivity contribution in [3.05, 3.63) is 33.9 Å². The number of halogens is 1. The maximum Gasteiger partial charge on any atom is 0.414 e. The Kier molecular flexibility index (Phi) is 11.9. The first-order valence-electron chi connectivity index (χ1n) is 13.0. The highest BCUT2D eigenvalue weighted by Crippen LogP contribution is 2.46. The fourth-order valence-corrected chi connectivity index (χ4v) is 6.68. The number of carbonyl (C=O) groups is 2. The molecule has 3 aliphatic rings. The molecule has 1 aromatic carbocycles. The van der Waals surface area contributed by atoms with Gasteiger partial charge in [-0.2, -0.15) is 19.8 Å². The Hall–Kier alpha value is -1.82. The van der Waals surface area contributed by atoms with Gasteiger partial charge in [-0.05, 0) is 37.7 Å². The lowest BCUT2D eigenvalue weighted by atomic mass is 9.92. The van der Waals surface area contributed by atoms with Crippen LogP contribution in [0.1, 0.15) is 49.0 Å². The summed E-state index contributed by atoms with van der Waals surface area (Å²) < 4.78 is 37.8. The van der Waals surface area contributed by atoms with Crippen molar-refractivity contribution >= 4 is 65.7 Å². The summed E-state index contributed by atoms with van der Waals surface area (Å²) in [4.78, 5) is 78.1. The molecule has 4 unspecified atom stereocenters. The van der Waals surface area contributed by atoms with Crippen molar-refractivity contribution < 1.29 is 57.2 Å². The van der Waals surface area contributed by atoms with E-state index in [-0.39, 0.29) is 67.2 Å². The van der Waals surface area contributed by atoms with E-state index >= 15 is 4.39 Å². The van der Waals surface area contributed by atoms with Gasteiger partial charge in [-0.3, -0.25) is 4.79 Å². The molecule has 3 fully saturated rings. The molecule has 2 aliphatic heterocycles. The van der Waals surface area contributed by atoms with E-state index in [0.717, 1.165) is 25.8 Å². The fraction of sp³-hybridized carbons (Fsp3) is 0.542. The van der Waals surface area contributed by atoms with Gasteiger partial charge in [-0.15, -0.1) is 0 Å². The third-order valence-electron chi connectivity index (χ3n) is 7.67. The van der Waals surface area contributed by atoms with Gasteiger partial charge >= 0.3 is 35.2 Å². The summed E-state index contributed by atoms with van der Waals surface area (Å²) in [5, 5.41) is 9.46. The quantitative estimate of drug-likeness (QED) is 0.189. The molecule has 5 N–H and O–H groups in total. The highest BCUT2D eigenvalue weighted by molar-refractivity contribution is 7.40. The molecule has 5 rings (SSSR count). The Morgan fingerprint density at radius 1 is 1.07 bits per heavy atom. The molecular weight excluding hydrogens is 665 g/mol. The van der Waals surface area contributed by atoms with Crippen LogP contribution in [-0.4, -0.2) is 85.0 Å². The van der Waals surface area contributed by atoms with Gasteiger partial charge in [0.2, 0.25) is 5.43 Å². The van der Waals surface area contributed by atoms with E-state index in [2.05, 4.69) is 0 Å². The van der Waals surface area contributed by atoms with Crippen LogP contribution in [-0.2, 0) is 13.8 Å². The highest BCUT2D eigenvalue weighted by Gasteiger charge is 2.46. The van der Waals surface area contributed by atoms with Gasteiger partial charge in [0.25, 0.3) is 0 Å². The number of ether oxygens (including phenoxy) is 2. The zero-order valence-electron chi connectivity index (χ0n) is 24.0. The van der Waals surface area contributed by atoms with E-state index in [1.165, 1.54) is 18.2 Å². The number of methoxy groups -OCH3 is 1. The molecule has 2 aromatic rings. The molecular formula is C24H36FN3O12P4. The third kappa shape index (κ3) is 7.26. The van der Waals surface area contributed by atoms with Crippen molar-refractivity contribution in [3.63, 3.8) is 0 Å². The second-order valence-corrected chi connectivity index (χ2v) is 11.8. The van der Waals surface area contributed by atoms with Crippen molar-refractivity contribution in [2.75, 3.05) is 31.6 Å². The number of aromatic carboxylic acids is 1. The molecule has 20 heteroatoms. The van der Waals surface area contributed by atoms with Gasteiger partial charge in [0.05, 0.1) is 24.1 Å². The van der Waals surface area contributed by atoms with Crippen LogP contribution < -0.4 is 15.1 Å². The van der Waals surface area contributed by atoms with Crippen molar-refractivity contribution in [1.82, 2.24) is 9.47 Å². The number of hydrogen-bond acceptors (Lipinski definition) is 12.